The van der Waals surface area contributed by atoms with E-state index in [-0.39, 0.29) is 5.41 Å². The minimum absolute atomic E-state index is 0.179. The van der Waals surface area contributed by atoms with E-state index in [1.54, 1.807) is 0 Å². The number of nitrogens with one attached hydrogen (secondary N) is 1. The van der Waals surface area contributed by atoms with Gasteiger partial charge in [0.25, 0.3) is 0 Å². The van der Waals surface area contributed by atoms with Crippen molar-refractivity contribution < 1.29 is 0 Å². The highest BCUT2D eigenvalue weighted by Crippen LogP contribution is 2.33. The Hall–Kier alpha value is -0.900. The fourth-order valence-electron chi connectivity index (χ4n) is 2.52. The first-order valence-corrected chi connectivity index (χ1v) is 7.08. The van der Waals surface area contributed by atoms with E-state index in [0.717, 1.165) is 31.2 Å². The third-order valence-corrected chi connectivity index (χ3v) is 3.89. The second-order valence-electron chi connectivity index (χ2n) is 6.60. The molecule has 102 valence electrons. The standard InChI is InChI=1S/C14H26N4/c1-6-10(2)9-11-16-17-13-12(14(3,4)5)15-7-8-18(11)13/h10,12,15H,6-9H2,1-5H3. The highest BCUT2D eigenvalue weighted by atomic mass is 15.3. The summed E-state index contributed by atoms with van der Waals surface area (Å²) in [4.78, 5) is 0. The van der Waals surface area contributed by atoms with Gasteiger partial charge in [-0.15, -0.1) is 10.2 Å². The van der Waals surface area contributed by atoms with Crippen LogP contribution in [0.15, 0.2) is 0 Å². The molecular formula is C14H26N4. The molecule has 0 saturated carbocycles. The summed E-state index contributed by atoms with van der Waals surface area (Å²) in [5.74, 6) is 2.96. The van der Waals surface area contributed by atoms with Crippen molar-refractivity contribution in [1.29, 1.82) is 0 Å². The summed E-state index contributed by atoms with van der Waals surface area (Å²) in [6.45, 7) is 13.3. The molecule has 0 radical (unpaired) electrons. The summed E-state index contributed by atoms with van der Waals surface area (Å²) in [6, 6.07) is 0.310. The van der Waals surface area contributed by atoms with Gasteiger partial charge in [-0.1, -0.05) is 41.0 Å². The van der Waals surface area contributed by atoms with E-state index in [0.29, 0.717) is 12.0 Å². The Morgan fingerprint density at radius 1 is 1.39 bits per heavy atom. The Morgan fingerprint density at radius 3 is 2.72 bits per heavy atom. The third kappa shape index (κ3) is 2.58. The summed E-state index contributed by atoms with van der Waals surface area (Å²) in [5, 5.41) is 12.4. The van der Waals surface area contributed by atoms with Gasteiger partial charge in [0.2, 0.25) is 0 Å². The molecule has 2 atom stereocenters. The van der Waals surface area contributed by atoms with Crippen LogP contribution in [-0.2, 0) is 13.0 Å². The first-order chi connectivity index (χ1) is 8.43. The molecule has 2 heterocycles. The zero-order valence-electron chi connectivity index (χ0n) is 12.3. The van der Waals surface area contributed by atoms with Crippen molar-refractivity contribution in [2.45, 2.75) is 60.0 Å². The molecule has 4 nitrogen and oxygen atoms in total. The van der Waals surface area contributed by atoms with E-state index in [1.807, 2.05) is 0 Å². The molecular weight excluding hydrogens is 224 g/mol. The van der Waals surface area contributed by atoms with Crippen LogP contribution in [0.4, 0.5) is 0 Å². The molecule has 0 aromatic carbocycles. The summed E-state index contributed by atoms with van der Waals surface area (Å²) in [6.07, 6.45) is 2.24. The van der Waals surface area contributed by atoms with Crippen LogP contribution in [0.2, 0.25) is 0 Å². The van der Waals surface area contributed by atoms with Crippen LogP contribution in [0, 0.1) is 11.3 Å². The van der Waals surface area contributed by atoms with Gasteiger partial charge in [-0.3, -0.25) is 0 Å². The SMILES string of the molecule is CCC(C)Cc1nnc2n1CCNC2C(C)(C)C. The first-order valence-electron chi connectivity index (χ1n) is 7.08. The second kappa shape index (κ2) is 5.00. The summed E-state index contributed by atoms with van der Waals surface area (Å²) in [5.41, 5.74) is 0.179. The van der Waals surface area contributed by atoms with Crippen molar-refractivity contribution in [2.75, 3.05) is 6.54 Å². The maximum Gasteiger partial charge on any atom is 0.150 e. The largest absolute Gasteiger partial charge is 0.312 e. The average Bonchev–Trinajstić information content (AvgIpc) is 2.71. The van der Waals surface area contributed by atoms with Gasteiger partial charge in [-0.2, -0.15) is 0 Å². The Kier molecular flexibility index (Phi) is 3.76. The minimum atomic E-state index is 0.179. The van der Waals surface area contributed by atoms with E-state index < -0.39 is 0 Å². The summed E-state index contributed by atoms with van der Waals surface area (Å²) < 4.78 is 2.33. The molecule has 0 aliphatic carbocycles. The lowest BCUT2D eigenvalue weighted by Crippen LogP contribution is -2.41. The predicted octanol–water partition coefficient (Wildman–Crippen LogP) is 2.56. The van der Waals surface area contributed by atoms with Crippen LogP contribution in [0.5, 0.6) is 0 Å². The van der Waals surface area contributed by atoms with E-state index in [4.69, 9.17) is 0 Å². The fourth-order valence-corrected chi connectivity index (χ4v) is 2.52. The lowest BCUT2D eigenvalue weighted by molar-refractivity contribution is 0.231. The van der Waals surface area contributed by atoms with Gasteiger partial charge in [-0.25, -0.2) is 0 Å². The van der Waals surface area contributed by atoms with Crippen LogP contribution in [0.25, 0.3) is 0 Å². The van der Waals surface area contributed by atoms with Gasteiger partial charge >= 0.3 is 0 Å². The number of hydrogen-bond acceptors (Lipinski definition) is 3. The van der Waals surface area contributed by atoms with Gasteiger partial charge < -0.3 is 9.88 Å². The molecule has 1 aromatic rings. The van der Waals surface area contributed by atoms with Crippen molar-refractivity contribution in [1.82, 2.24) is 20.1 Å². The molecule has 1 N–H and O–H groups in total. The van der Waals surface area contributed by atoms with Crippen molar-refractivity contribution in [2.24, 2.45) is 11.3 Å². The molecule has 2 unspecified atom stereocenters. The normalized spacial score (nSPS) is 21.7. The average molecular weight is 250 g/mol. The minimum Gasteiger partial charge on any atom is -0.312 e. The predicted molar refractivity (Wildman–Crippen MR) is 73.4 cm³/mol. The molecule has 0 amide bonds. The Labute approximate surface area is 110 Å². The van der Waals surface area contributed by atoms with Crippen molar-refractivity contribution in [3.8, 4) is 0 Å². The molecule has 4 heteroatoms. The van der Waals surface area contributed by atoms with Crippen molar-refractivity contribution >= 4 is 0 Å². The number of fused-ring (bicyclic) bond motifs is 1. The summed E-state index contributed by atoms with van der Waals surface area (Å²) >= 11 is 0. The maximum absolute atomic E-state index is 4.44. The Balaban J connectivity index is 2.26. The maximum atomic E-state index is 4.44. The monoisotopic (exact) mass is 250 g/mol. The lowest BCUT2D eigenvalue weighted by atomic mass is 9.85. The highest BCUT2D eigenvalue weighted by molar-refractivity contribution is 5.08. The molecule has 1 aromatic heterocycles. The third-order valence-electron chi connectivity index (χ3n) is 3.89. The van der Waals surface area contributed by atoms with Gasteiger partial charge in [0.05, 0.1) is 6.04 Å². The Morgan fingerprint density at radius 2 is 2.11 bits per heavy atom. The smallest absolute Gasteiger partial charge is 0.150 e. The number of aromatic nitrogens is 3. The van der Waals surface area contributed by atoms with Gasteiger partial charge in [0, 0.05) is 19.5 Å². The topological polar surface area (TPSA) is 42.7 Å². The van der Waals surface area contributed by atoms with E-state index in [2.05, 4.69) is 54.7 Å². The molecule has 0 spiro atoms. The number of hydrogen-bond donors (Lipinski definition) is 1. The molecule has 2 rings (SSSR count). The highest BCUT2D eigenvalue weighted by Gasteiger charge is 2.33. The van der Waals surface area contributed by atoms with E-state index in [1.165, 1.54) is 6.42 Å². The number of rotatable bonds is 3. The van der Waals surface area contributed by atoms with Gasteiger partial charge in [0.15, 0.2) is 5.82 Å². The summed E-state index contributed by atoms with van der Waals surface area (Å²) in [7, 11) is 0. The van der Waals surface area contributed by atoms with Crippen molar-refractivity contribution in [3.05, 3.63) is 11.6 Å². The Bertz CT molecular complexity index is 402. The fraction of sp³-hybridized carbons (Fsp3) is 0.857. The number of nitrogens with zero attached hydrogens (tertiary/aromatic N) is 3. The lowest BCUT2D eigenvalue weighted by Gasteiger charge is -2.34. The molecule has 1 aliphatic rings. The van der Waals surface area contributed by atoms with E-state index >= 15 is 0 Å². The second-order valence-corrected chi connectivity index (χ2v) is 6.60. The van der Waals surface area contributed by atoms with E-state index in [9.17, 15) is 0 Å². The van der Waals surface area contributed by atoms with Crippen LogP contribution < -0.4 is 5.32 Å². The zero-order valence-corrected chi connectivity index (χ0v) is 12.3. The molecule has 0 fully saturated rings. The molecule has 1 aliphatic heterocycles. The van der Waals surface area contributed by atoms with Crippen LogP contribution in [0.3, 0.4) is 0 Å². The van der Waals surface area contributed by atoms with Crippen LogP contribution in [0.1, 0.15) is 58.7 Å². The quantitative estimate of drug-likeness (QED) is 0.896. The van der Waals surface area contributed by atoms with Gasteiger partial charge in [-0.05, 0) is 11.3 Å². The molecule has 0 bridgehead atoms. The van der Waals surface area contributed by atoms with Crippen molar-refractivity contribution in [3.63, 3.8) is 0 Å². The molecule has 0 saturated heterocycles. The molecule has 18 heavy (non-hydrogen) atoms. The van der Waals surface area contributed by atoms with Crippen LogP contribution >= 0.6 is 0 Å². The first kappa shape index (κ1) is 13.5. The van der Waals surface area contributed by atoms with Crippen LogP contribution in [-0.4, -0.2) is 21.3 Å². The van der Waals surface area contributed by atoms with Gasteiger partial charge in [0.1, 0.15) is 5.82 Å². The zero-order chi connectivity index (χ0) is 13.3.